The molecule has 2 aliphatic carbocycles. The van der Waals surface area contributed by atoms with Gasteiger partial charge in [0.2, 0.25) is 0 Å². The van der Waals surface area contributed by atoms with Gasteiger partial charge in [-0.3, -0.25) is 0 Å². The Labute approximate surface area is 136 Å². The van der Waals surface area contributed by atoms with Crippen LogP contribution in [0.4, 0.5) is 0 Å². The highest BCUT2D eigenvalue weighted by atomic mass is 31.1. The van der Waals surface area contributed by atoms with E-state index >= 15 is 0 Å². The smallest absolute Gasteiger partial charge is 0.0160 e. The van der Waals surface area contributed by atoms with Crippen molar-refractivity contribution in [3.8, 4) is 0 Å². The van der Waals surface area contributed by atoms with Gasteiger partial charge in [-0.05, 0) is 61.2 Å². The molecule has 5 radical (unpaired) electrons. The third kappa shape index (κ3) is 4.23. The highest BCUT2D eigenvalue weighted by Gasteiger charge is 2.38. The van der Waals surface area contributed by atoms with Crippen molar-refractivity contribution in [2.75, 3.05) is 6.16 Å². The Morgan fingerprint density at radius 2 is 1.43 bits per heavy atom. The summed E-state index contributed by atoms with van der Waals surface area (Å²) in [6, 6.07) is 0. The van der Waals surface area contributed by atoms with Crippen LogP contribution in [0.3, 0.4) is 0 Å². The van der Waals surface area contributed by atoms with E-state index < -0.39 is 0 Å². The first-order chi connectivity index (χ1) is 10.3. The van der Waals surface area contributed by atoms with Crippen LogP contribution in [-0.2, 0) is 0 Å². The lowest BCUT2D eigenvalue weighted by Crippen LogP contribution is -2.23. The molecule has 0 bridgehead atoms. The van der Waals surface area contributed by atoms with Crippen LogP contribution >= 0.6 is 16.5 Å². The van der Waals surface area contributed by atoms with E-state index in [0.29, 0.717) is 0 Å². The van der Waals surface area contributed by atoms with Crippen LogP contribution in [0.15, 0.2) is 0 Å². The highest BCUT2D eigenvalue weighted by Crippen LogP contribution is 2.63. The van der Waals surface area contributed by atoms with Crippen molar-refractivity contribution in [3.63, 3.8) is 0 Å². The van der Waals surface area contributed by atoms with Gasteiger partial charge in [0.05, 0.1) is 0 Å². The maximum Gasteiger partial charge on any atom is 0.0160 e. The van der Waals surface area contributed by atoms with Crippen molar-refractivity contribution < 1.29 is 0 Å². The van der Waals surface area contributed by atoms with E-state index in [4.69, 9.17) is 0 Å². The Balaban J connectivity index is 1.65. The minimum atomic E-state index is 0.248. The van der Waals surface area contributed by atoms with Gasteiger partial charge in [0.15, 0.2) is 0 Å². The van der Waals surface area contributed by atoms with Crippen LogP contribution in [0, 0.1) is 23.7 Å². The molecule has 0 aromatic heterocycles. The van der Waals surface area contributed by atoms with E-state index in [1.54, 1.807) is 43.2 Å². The highest BCUT2D eigenvalue weighted by molar-refractivity contribution is 7.60. The van der Waals surface area contributed by atoms with Gasteiger partial charge in [0.1, 0.15) is 0 Å². The zero-order chi connectivity index (χ0) is 14.7. The minimum Gasteiger partial charge on any atom is -0.0994 e. The summed E-state index contributed by atoms with van der Waals surface area (Å²) in [5, 5.41) is 0. The Morgan fingerprint density at radius 3 is 1.86 bits per heavy atom. The maximum atomic E-state index is 2.44. The second kappa shape index (κ2) is 8.11. The lowest BCUT2D eigenvalue weighted by atomic mass is 9.96. The molecule has 1 saturated heterocycles. The van der Waals surface area contributed by atoms with Crippen LogP contribution in [0.1, 0.15) is 78.1 Å². The Kier molecular flexibility index (Phi) is 6.45. The summed E-state index contributed by atoms with van der Waals surface area (Å²) in [6.45, 7) is 4.68. The summed E-state index contributed by atoms with van der Waals surface area (Å²) in [4.78, 5) is 0. The maximum absolute atomic E-state index is 2.44. The van der Waals surface area contributed by atoms with Crippen LogP contribution in [0.25, 0.3) is 0 Å². The third-order valence-electron chi connectivity index (χ3n) is 5.86. The molecule has 0 atom stereocenters. The van der Waals surface area contributed by atoms with Crippen LogP contribution in [-0.4, -0.2) is 17.5 Å². The Morgan fingerprint density at radius 1 is 0.905 bits per heavy atom. The van der Waals surface area contributed by atoms with Gasteiger partial charge in [-0.25, -0.2) is 0 Å². The van der Waals surface area contributed by atoms with Gasteiger partial charge >= 0.3 is 0 Å². The molecule has 2 saturated carbocycles. The first kappa shape index (κ1) is 16.7. The molecule has 3 aliphatic rings. The topological polar surface area (TPSA) is 0 Å². The predicted molar refractivity (Wildman–Crippen MR) is 97.8 cm³/mol. The SMILES string of the molecule is C[C]1[CH][P][C](CP(C2CCCCC2)C2CCCCC2)[C]1C. The summed E-state index contributed by atoms with van der Waals surface area (Å²) in [5.41, 5.74) is 4.00. The van der Waals surface area contributed by atoms with Crippen molar-refractivity contribution in [3.05, 3.63) is 23.7 Å². The normalized spacial score (nSPS) is 29.9. The molecular weight excluding hydrogens is 290 g/mol. The monoisotopic (exact) mass is 321 g/mol. The fraction of sp³-hybridized carbons (Fsp3) is 0.789. The van der Waals surface area contributed by atoms with E-state index in [-0.39, 0.29) is 7.92 Å². The predicted octanol–water partition coefficient (Wildman–Crippen LogP) is 6.98. The van der Waals surface area contributed by atoms with Gasteiger partial charge in [-0.1, -0.05) is 68.9 Å². The fourth-order valence-electron chi connectivity index (χ4n) is 4.31. The summed E-state index contributed by atoms with van der Waals surface area (Å²) in [6.07, 6.45) is 19.2. The molecule has 3 rings (SSSR count). The first-order valence-corrected chi connectivity index (χ1v) is 11.7. The van der Waals surface area contributed by atoms with Crippen molar-refractivity contribution in [2.24, 2.45) is 0 Å². The van der Waals surface area contributed by atoms with Gasteiger partial charge in [-0.2, -0.15) is 0 Å². The van der Waals surface area contributed by atoms with Gasteiger partial charge in [0, 0.05) is 5.66 Å². The molecule has 0 amide bonds. The van der Waals surface area contributed by atoms with Crippen molar-refractivity contribution >= 4 is 16.5 Å². The quantitative estimate of drug-likeness (QED) is 0.490. The van der Waals surface area contributed by atoms with E-state index in [2.05, 4.69) is 20.0 Å². The van der Waals surface area contributed by atoms with Crippen molar-refractivity contribution in [2.45, 2.75) is 89.4 Å². The van der Waals surface area contributed by atoms with Crippen LogP contribution in [0.5, 0.6) is 0 Å². The van der Waals surface area contributed by atoms with Gasteiger partial charge < -0.3 is 0 Å². The molecule has 1 aliphatic heterocycles. The molecule has 117 valence electrons. The summed E-state index contributed by atoms with van der Waals surface area (Å²) >= 11 is 0. The van der Waals surface area contributed by atoms with Crippen LogP contribution < -0.4 is 0 Å². The van der Waals surface area contributed by atoms with Crippen LogP contribution in [0.2, 0.25) is 0 Å². The second-order valence-corrected chi connectivity index (χ2v) is 11.1. The van der Waals surface area contributed by atoms with Crippen molar-refractivity contribution in [1.82, 2.24) is 0 Å². The fourth-order valence-corrected chi connectivity index (χ4v) is 9.79. The summed E-state index contributed by atoms with van der Waals surface area (Å²) in [7, 11) is 1.78. The van der Waals surface area contributed by atoms with E-state index in [9.17, 15) is 0 Å². The minimum absolute atomic E-state index is 0.248. The molecule has 0 aromatic carbocycles. The summed E-state index contributed by atoms with van der Waals surface area (Å²) in [5.74, 6) is 3.18. The molecular formula is C19H31P2. The number of rotatable bonds is 4. The molecule has 2 heteroatoms. The number of hydrogen-bond acceptors (Lipinski definition) is 0. The third-order valence-corrected chi connectivity index (χ3v) is 11.0. The largest absolute Gasteiger partial charge is 0.0994 e. The second-order valence-electron chi connectivity index (χ2n) is 7.27. The van der Waals surface area contributed by atoms with E-state index in [1.807, 2.05) is 0 Å². The molecule has 0 N–H and O–H groups in total. The molecule has 21 heavy (non-hydrogen) atoms. The molecule has 0 nitrogen and oxygen atoms in total. The zero-order valence-electron chi connectivity index (χ0n) is 13.9. The lowest BCUT2D eigenvalue weighted by molar-refractivity contribution is 0.484. The van der Waals surface area contributed by atoms with Gasteiger partial charge in [0.25, 0.3) is 0 Å². The lowest BCUT2D eigenvalue weighted by Gasteiger charge is -2.40. The average molecular weight is 321 g/mol. The molecule has 0 spiro atoms. The molecule has 0 unspecified atom stereocenters. The van der Waals surface area contributed by atoms with Gasteiger partial charge in [-0.15, -0.1) is 0 Å². The van der Waals surface area contributed by atoms with E-state index in [1.165, 1.54) is 53.3 Å². The van der Waals surface area contributed by atoms with E-state index in [0.717, 1.165) is 11.3 Å². The number of hydrogen-bond donors (Lipinski definition) is 0. The molecule has 3 fully saturated rings. The standard InChI is InChI=1S/C19H31P2/c1-15-13-20-19(16(15)2)14-21(17-9-5-3-6-10-17)18-11-7-4-8-12-18/h13,17-18H,3-12,14H2,1-2H3. The molecule has 0 aromatic rings. The Bertz CT molecular complexity index is 287. The zero-order valence-corrected chi connectivity index (χ0v) is 15.7. The first-order valence-electron chi connectivity index (χ1n) is 9.09. The Hall–Kier alpha value is 0.860. The molecule has 1 heterocycles. The van der Waals surface area contributed by atoms with Crippen molar-refractivity contribution in [1.29, 1.82) is 0 Å². The average Bonchev–Trinajstić information content (AvgIpc) is 2.86. The summed E-state index contributed by atoms with van der Waals surface area (Å²) < 4.78 is 0.